The molecule has 0 bridgehead atoms. The van der Waals surface area contributed by atoms with E-state index in [1.54, 1.807) is 0 Å². The van der Waals surface area contributed by atoms with Gasteiger partial charge in [0.25, 0.3) is 0 Å². The van der Waals surface area contributed by atoms with Crippen molar-refractivity contribution in [3.8, 4) is 11.8 Å². The number of carbonyl (C=O) groups is 1. The molecule has 0 spiro atoms. The molecule has 11 heavy (non-hydrogen) atoms. The minimum absolute atomic E-state index is 0.295. The Labute approximate surface area is 66.7 Å². The van der Waals surface area contributed by atoms with E-state index in [2.05, 4.69) is 16.6 Å². The van der Waals surface area contributed by atoms with Crippen molar-refractivity contribution in [1.29, 1.82) is 0 Å². The second-order valence-electron chi connectivity index (χ2n) is 1.85. The number of ether oxygens (including phenoxy) is 2. The van der Waals surface area contributed by atoms with Gasteiger partial charge in [-0.05, 0) is 6.42 Å². The van der Waals surface area contributed by atoms with Crippen LogP contribution >= 0.6 is 0 Å². The molecule has 0 amide bonds. The van der Waals surface area contributed by atoms with Gasteiger partial charge in [0.15, 0.2) is 0 Å². The van der Waals surface area contributed by atoms with Crippen LogP contribution in [0.1, 0.15) is 13.3 Å². The van der Waals surface area contributed by atoms with Crippen molar-refractivity contribution < 1.29 is 14.3 Å². The summed E-state index contributed by atoms with van der Waals surface area (Å²) in [7, 11) is 1.30. The minimum atomic E-state index is -0.523. The smallest absolute Gasteiger partial charge is 0.384 e. The Bertz CT molecular complexity index is 164. The van der Waals surface area contributed by atoms with E-state index in [0.717, 1.165) is 6.42 Å². The molecule has 0 aromatic carbocycles. The van der Waals surface area contributed by atoms with Crippen molar-refractivity contribution in [3.05, 3.63) is 0 Å². The first-order valence-corrected chi connectivity index (χ1v) is 3.45. The molecule has 3 nitrogen and oxygen atoms in total. The van der Waals surface area contributed by atoms with Crippen LogP contribution in [0.2, 0.25) is 0 Å². The summed E-state index contributed by atoms with van der Waals surface area (Å²) in [6.07, 6.45) is 0.958. The molecular weight excluding hydrogens is 144 g/mol. The Balaban J connectivity index is 3.32. The molecule has 0 atom stereocenters. The monoisotopic (exact) mass is 156 g/mol. The normalized spacial score (nSPS) is 8.18. The fourth-order valence-electron chi connectivity index (χ4n) is 0.427. The SMILES string of the molecule is CCCOCC#CC(=O)OC. The first-order valence-electron chi connectivity index (χ1n) is 3.45. The average Bonchev–Trinajstić information content (AvgIpc) is 2.04. The van der Waals surface area contributed by atoms with Crippen molar-refractivity contribution in [2.75, 3.05) is 20.3 Å². The van der Waals surface area contributed by atoms with Gasteiger partial charge >= 0.3 is 5.97 Å². The van der Waals surface area contributed by atoms with Crippen LogP contribution in [-0.2, 0) is 14.3 Å². The van der Waals surface area contributed by atoms with E-state index in [0.29, 0.717) is 13.2 Å². The van der Waals surface area contributed by atoms with Gasteiger partial charge < -0.3 is 9.47 Å². The van der Waals surface area contributed by atoms with Crippen LogP contribution in [0.5, 0.6) is 0 Å². The van der Waals surface area contributed by atoms with Gasteiger partial charge in [-0.15, -0.1) is 0 Å². The maximum absolute atomic E-state index is 10.4. The lowest BCUT2D eigenvalue weighted by Crippen LogP contribution is -1.97. The van der Waals surface area contributed by atoms with Crippen LogP contribution in [0, 0.1) is 11.8 Å². The Morgan fingerprint density at radius 2 is 2.27 bits per heavy atom. The first-order chi connectivity index (χ1) is 5.31. The molecule has 0 unspecified atom stereocenters. The lowest BCUT2D eigenvalue weighted by Gasteiger charge is -1.92. The molecule has 0 fully saturated rings. The zero-order valence-electron chi connectivity index (χ0n) is 6.85. The third kappa shape index (κ3) is 6.88. The summed E-state index contributed by atoms with van der Waals surface area (Å²) in [6, 6.07) is 0. The predicted octanol–water partition coefficient (Wildman–Crippen LogP) is 0.589. The highest BCUT2D eigenvalue weighted by atomic mass is 16.5. The number of hydrogen-bond donors (Lipinski definition) is 0. The molecule has 0 saturated carbocycles. The standard InChI is InChI=1S/C8H12O3/c1-3-6-11-7-4-5-8(9)10-2/h3,6-7H2,1-2H3. The third-order valence-electron chi connectivity index (χ3n) is 0.899. The van der Waals surface area contributed by atoms with Gasteiger partial charge in [-0.1, -0.05) is 12.8 Å². The number of hydrogen-bond acceptors (Lipinski definition) is 3. The van der Waals surface area contributed by atoms with E-state index in [9.17, 15) is 4.79 Å². The lowest BCUT2D eigenvalue weighted by molar-refractivity contribution is -0.133. The number of esters is 1. The van der Waals surface area contributed by atoms with Gasteiger partial charge in [-0.2, -0.15) is 0 Å². The second-order valence-corrected chi connectivity index (χ2v) is 1.85. The number of rotatable bonds is 3. The Morgan fingerprint density at radius 1 is 1.55 bits per heavy atom. The molecule has 0 saturated heterocycles. The maximum atomic E-state index is 10.4. The summed E-state index contributed by atoms with van der Waals surface area (Å²) in [5.74, 6) is 4.26. The molecule has 3 heteroatoms. The molecule has 0 N–H and O–H groups in total. The molecule has 0 aliphatic carbocycles. The number of carbonyl (C=O) groups excluding carboxylic acids is 1. The summed E-state index contributed by atoms with van der Waals surface area (Å²) >= 11 is 0. The number of methoxy groups -OCH3 is 1. The van der Waals surface area contributed by atoms with E-state index in [1.165, 1.54) is 7.11 Å². The summed E-state index contributed by atoms with van der Waals surface area (Å²) < 4.78 is 9.28. The van der Waals surface area contributed by atoms with Gasteiger partial charge in [-0.3, -0.25) is 0 Å². The highest BCUT2D eigenvalue weighted by Crippen LogP contribution is 1.77. The second kappa shape index (κ2) is 7.10. The largest absolute Gasteiger partial charge is 0.459 e. The maximum Gasteiger partial charge on any atom is 0.384 e. The molecular formula is C8H12O3. The molecule has 0 aromatic heterocycles. The van der Waals surface area contributed by atoms with Crippen molar-refractivity contribution in [3.63, 3.8) is 0 Å². The zero-order chi connectivity index (χ0) is 8.53. The van der Waals surface area contributed by atoms with Crippen LogP contribution in [0.3, 0.4) is 0 Å². The van der Waals surface area contributed by atoms with Crippen molar-refractivity contribution in [1.82, 2.24) is 0 Å². The van der Waals surface area contributed by atoms with E-state index in [4.69, 9.17) is 4.74 Å². The molecule has 0 rings (SSSR count). The highest BCUT2D eigenvalue weighted by molar-refractivity contribution is 5.88. The molecule has 0 radical (unpaired) electrons. The van der Waals surface area contributed by atoms with Crippen molar-refractivity contribution >= 4 is 5.97 Å². The quantitative estimate of drug-likeness (QED) is 0.259. The van der Waals surface area contributed by atoms with E-state index in [1.807, 2.05) is 6.92 Å². The van der Waals surface area contributed by atoms with Crippen molar-refractivity contribution in [2.45, 2.75) is 13.3 Å². The molecule has 0 heterocycles. The van der Waals surface area contributed by atoms with Crippen LogP contribution in [-0.4, -0.2) is 26.3 Å². The fraction of sp³-hybridized carbons (Fsp3) is 0.625. The first kappa shape index (κ1) is 9.99. The van der Waals surface area contributed by atoms with E-state index < -0.39 is 5.97 Å². The molecule has 0 aliphatic heterocycles. The minimum Gasteiger partial charge on any atom is -0.459 e. The van der Waals surface area contributed by atoms with Gasteiger partial charge in [-0.25, -0.2) is 4.79 Å². The van der Waals surface area contributed by atoms with Gasteiger partial charge in [0.05, 0.1) is 7.11 Å². The van der Waals surface area contributed by atoms with Gasteiger partial charge in [0, 0.05) is 12.5 Å². The zero-order valence-corrected chi connectivity index (χ0v) is 6.85. The van der Waals surface area contributed by atoms with Crippen LogP contribution in [0.15, 0.2) is 0 Å². The molecule has 0 aliphatic rings. The Morgan fingerprint density at radius 3 is 2.82 bits per heavy atom. The molecule has 0 aromatic rings. The topological polar surface area (TPSA) is 35.5 Å². The molecule has 62 valence electrons. The van der Waals surface area contributed by atoms with Crippen LogP contribution in [0.4, 0.5) is 0 Å². The van der Waals surface area contributed by atoms with Gasteiger partial charge in [0.2, 0.25) is 0 Å². The van der Waals surface area contributed by atoms with Gasteiger partial charge in [0.1, 0.15) is 6.61 Å². The summed E-state index contributed by atoms with van der Waals surface area (Å²) in [5.41, 5.74) is 0. The third-order valence-corrected chi connectivity index (χ3v) is 0.899. The lowest BCUT2D eigenvalue weighted by atomic mass is 10.5. The Hall–Kier alpha value is -1.01. The van der Waals surface area contributed by atoms with E-state index >= 15 is 0 Å². The van der Waals surface area contributed by atoms with Crippen LogP contribution in [0.25, 0.3) is 0 Å². The summed E-state index contributed by atoms with van der Waals surface area (Å²) in [5, 5.41) is 0. The van der Waals surface area contributed by atoms with Crippen LogP contribution < -0.4 is 0 Å². The predicted molar refractivity (Wildman–Crippen MR) is 40.9 cm³/mol. The van der Waals surface area contributed by atoms with E-state index in [-0.39, 0.29) is 0 Å². The summed E-state index contributed by atoms with van der Waals surface area (Å²) in [6.45, 7) is 2.98. The fourth-order valence-corrected chi connectivity index (χ4v) is 0.427. The van der Waals surface area contributed by atoms with Crippen molar-refractivity contribution in [2.24, 2.45) is 0 Å². The summed E-state index contributed by atoms with van der Waals surface area (Å²) in [4.78, 5) is 10.4. The Kier molecular flexibility index (Phi) is 6.45. The average molecular weight is 156 g/mol. The highest BCUT2D eigenvalue weighted by Gasteiger charge is 1.87.